The third kappa shape index (κ3) is 4.86. The zero-order valence-corrected chi connectivity index (χ0v) is 15.7. The van der Waals surface area contributed by atoms with E-state index in [1.165, 1.54) is 6.07 Å². The molecule has 0 saturated carbocycles. The minimum atomic E-state index is -0.711. The molecule has 0 spiro atoms. The molecular weight excluding hydrogens is 374 g/mol. The van der Waals surface area contributed by atoms with E-state index in [9.17, 15) is 19.7 Å². The van der Waals surface area contributed by atoms with Crippen LogP contribution in [0.4, 0.5) is 17.3 Å². The third-order valence-electron chi connectivity index (χ3n) is 4.25. The van der Waals surface area contributed by atoms with Crippen molar-refractivity contribution in [3.63, 3.8) is 0 Å². The van der Waals surface area contributed by atoms with Gasteiger partial charge >= 0.3 is 5.88 Å². The van der Waals surface area contributed by atoms with Gasteiger partial charge in [-0.05, 0) is 42.8 Å². The molecule has 0 aliphatic carbocycles. The van der Waals surface area contributed by atoms with Gasteiger partial charge in [0.1, 0.15) is 4.92 Å². The number of carbonyl (C=O) groups excluding carboxylic acids is 2. The number of likely N-dealkylation sites (N-methyl/N-ethyl adjacent to an activating group) is 1. The minimum Gasteiger partial charge on any atom is -0.395 e. The number of carbonyl (C=O) groups is 2. The average Bonchev–Trinajstić information content (AvgIpc) is 3.22. The van der Waals surface area contributed by atoms with Gasteiger partial charge in [0.05, 0.1) is 12.5 Å². The molecule has 3 aromatic rings. The SMILES string of the molecule is CCN(C(=O)Cc1ccc(NC(=O)c2ccc([N+](=O)[O-])o2)cc1)c1ccccc1. The summed E-state index contributed by atoms with van der Waals surface area (Å²) in [7, 11) is 0. The first kappa shape index (κ1) is 19.8. The standard InChI is InChI=1S/C21H19N3O5/c1-2-23(17-6-4-3-5-7-17)19(25)14-15-8-10-16(11-9-15)22-21(26)18-12-13-20(29-18)24(27)28/h3-13H,2,14H2,1H3,(H,22,26). The van der Waals surface area contributed by atoms with Gasteiger partial charge in [-0.1, -0.05) is 30.3 Å². The van der Waals surface area contributed by atoms with E-state index in [1.54, 1.807) is 29.2 Å². The number of anilines is 2. The zero-order chi connectivity index (χ0) is 20.8. The van der Waals surface area contributed by atoms with Crippen molar-refractivity contribution < 1.29 is 18.9 Å². The summed E-state index contributed by atoms with van der Waals surface area (Å²) in [6.45, 7) is 2.48. The van der Waals surface area contributed by atoms with E-state index in [4.69, 9.17) is 4.42 Å². The summed E-state index contributed by atoms with van der Waals surface area (Å²) in [5.74, 6) is -1.28. The quantitative estimate of drug-likeness (QED) is 0.482. The van der Waals surface area contributed by atoms with Crippen molar-refractivity contribution in [2.24, 2.45) is 0 Å². The van der Waals surface area contributed by atoms with E-state index in [0.717, 1.165) is 17.3 Å². The molecule has 2 amide bonds. The first-order chi connectivity index (χ1) is 14.0. The largest absolute Gasteiger partial charge is 0.433 e. The summed E-state index contributed by atoms with van der Waals surface area (Å²) >= 11 is 0. The van der Waals surface area contributed by atoms with Gasteiger partial charge in [-0.25, -0.2) is 0 Å². The number of benzene rings is 2. The van der Waals surface area contributed by atoms with E-state index in [1.807, 2.05) is 37.3 Å². The lowest BCUT2D eigenvalue weighted by Crippen LogP contribution is -2.31. The maximum absolute atomic E-state index is 12.6. The van der Waals surface area contributed by atoms with Crippen LogP contribution in [0.2, 0.25) is 0 Å². The molecule has 8 nitrogen and oxygen atoms in total. The summed E-state index contributed by atoms with van der Waals surface area (Å²) in [4.78, 5) is 36.4. The van der Waals surface area contributed by atoms with Crippen LogP contribution in [0.3, 0.4) is 0 Å². The molecule has 29 heavy (non-hydrogen) atoms. The van der Waals surface area contributed by atoms with Gasteiger partial charge in [0.15, 0.2) is 5.76 Å². The molecule has 0 atom stereocenters. The zero-order valence-electron chi connectivity index (χ0n) is 15.7. The van der Waals surface area contributed by atoms with E-state index >= 15 is 0 Å². The lowest BCUT2D eigenvalue weighted by atomic mass is 10.1. The number of nitrogens with zero attached hydrogens (tertiary/aromatic N) is 2. The molecule has 0 radical (unpaired) electrons. The highest BCUT2D eigenvalue weighted by Crippen LogP contribution is 2.19. The Bertz CT molecular complexity index is 1010. The smallest absolute Gasteiger partial charge is 0.395 e. The summed E-state index contributed by atoms with van der Waals surface area (Å²) in [6.07, 6.45) is 0.224. The Morgan fingerprint density at radius 1 is 1.03 bits per heavy atom. The first-order valence-corrected chi connectivity index (χ1v) is 8.98. The molecule has 0 saturated heterocycles. The third-order valence-corrected chi connectivity index (χ3v) is 4.25. The number of nitrogens with one attached hydrogen (secondary N) is 1. The van der Waals surface area contributed by atoms with Crippen LogP contribution in [0.1, 0.15) is 23.0 Å². The predicted octanol–water partition coefficient (Wildman–Crippen LogP) is 4.04. The van der Waals surface area contributed by atoms with Gasteiger partial charge in [0.25, 0.3) is 5.91 Å². The highest BCUT2D eigenvalue weighted by molar-refractivity contribution is 6.02. The molecule has 0 aliphatic heterocycles. The van der Waals surface area contributed by atoms with Crippen LogP contribution in [0, 0.1) is 10.1 Å². The van der Waals surface area contributed by atoms with Gasteiger partial charge in [-0.2, -0.15) is 0 Å². The topological polar surface area (TPSA) is 106 Å². The van der Waals surface area contributed by atoms with Crippen molar-refractivity contribution in [3.8, 4) is 0 Å². The van der Waals surface area contributed by atoms with Crippen molar-refractivity contribution >= 4 is 29.1 Å². The lowest BCUT2D eigenvalue weighted by Gasteiger charge is -2.21. The van der Waals surface area contributed by atoms with Crippen LogP contribution in [-0.4, -0.2) is 23.3 Å². The van der Waals surface area contributed by atoms with Crippen LogP contribution >= 0.6 is 0 Å². The molecule has 3 rings (SSSR count). The molecule has 2 aromatic carbocycles. The van der Waals surface area contributed by atoms with Crippen molar-refractivity contribution in [2.45, 2.75) is 13.3 Å². The van der Waals surface area contributed by atoms with Crippen LogP contribution < -0.4 is 10.2 Å². The monoisotopic (exact) mass is 393 g/mol. The van der Waals surface area contributed by atoms with Crippen LogP contribution in [-0.2, 0) is 11.2 Å². The molecule has 1 aromatic heterocycles. The fourth-order valence-electron chi connectivity index (χ4n) is 2.83. The molecule has 1 heterocycles. The number of hydrogen-bond donors (Lipinski definition) is 1. The average molecular weight is 393 g/mol. The van der Waals surface area contributed by atoms with E-state index in [-0.39, 0.29) is 18.1 Å². The number of furan rings is 1. The van der Waals surface area contributed by atoms with Gasteiger partial charge in [0.2, 0.25) is 5.91 Å². The van der Waals surface area contributed by atoms with E-state index in [2.05, 4.69) is 5.32 Å². The number of rotatable bonds is 7. The molecule has 1 N–H and O–H groups in total. The maximum atomic E-state index is 12.6. The Hall–Kier alpha value is -3.94. The van der Waals surface area contributed by atoms with Crippen LogP contribution in [0.25, 0.3) is 0 Å². The van der Waals surface area contributed by atoms with Gasteiger partial charge in [0, 0.05) is 17.9 Å². The molecular formula is C21H19N3O5. The predicted molar refractivity (Wildman–Crippen MR) is 108 cm³/mol. The van der Waals surface area contributed by atoms with Crippen molar-refractivity contribution in [2.75, 3.05) is 16.8 Å². The maximum Gasteiger partial charge on any atom is 0.433 e. The van der Waals surface area contributed by atoms with Crippen LogP contribution in [0.15, 0.2) is 71.1 Å². The Balaban J connectivity index is 1.62. The summed E-state index contributed by atoms with van der Waals surface area (Å²) in [5, 5.41) is 13.2. The molecule has 0 bridgehead atoms. The lowest BCUT2D eigenvalue weighted by molar-refractivity contribution is -0.402. The van der Waals surface area contributed by atoms with Crippen LogP contribution in [0.5, 0.6) is 0 Å². The highest BCUT2D eigenvalue weighted by atomic mass is 16.6. The summed E-state index contributed by atoms with van der Waals surface area (Å²) in [5.41, 5.74) is 2.13. The molecule has 0 aliphatic rings. The molecule has 8 heteroatoms. The number of amides is 2. The summed E-state index contributed by atoms with van der Waals surface area (Å²) < 4.78 is 4.87. The number of hydrogen-bond acceptors (Lipinski definition) is 5. The second-order valence-corrected chi connectivity index (χ2v) is 6.20. The van der Waals surface area contributed by atoms with Crippen molar-refractivity contribution in [1.29, 1.82) is 0 Å². The van der Waals surface area contributed by atoms with Gasteiger partial charge in [-0.3, -0.25) is 19.7 Å². The Labute approximate surface area is 166 Å². The molecule has 0 unspecified atom stereocenters. The second-order valence-electron chi connectivity index (χ2n) is 6.20. The van der Waals surface area contributed by atoms with Gasteiger partial charge in [-0.15, -0.1) is 0 Å². The Kier molecular flexibility index (Phi) is 6.03. The Morgan fingerprint density at radius 3 is 2.31 bits per heavy atom. The summed E-state index contributed by atoms with van der Waals surface area (Å²) in [6, 6.07) is 18.6. The van der Waals surface area contributed by atoms with Crippen molar-refractivity contribution in [3.05, 3.63) is 88.2 Å². The van der Waals surface area contributed by atoms with E-state index in [0.29, 0.717) is 12.2 Å². The Morgan fingerprint density at radius 2 is 1.72 bits per heavy atom. The fourth-order valence-corrected chi connectivity index (χ4v) is 2.83. The second kappa shape index (κ2) is 8.83. The highest BCUT2D eigenvalue weighted by Gasteiger charge is 2.18. The van der Waals surface area contributed by atoms with E-state index < -0.39 is 16.7 Å². The number of para-hydroxylation sites is 1. The molecule has 148 valence electrons. The normalized spacial score (nSPS) is 10.4. The van der Waals surface area contributed by atoms with Crippen molar-refractivity contribution in [1.82, 2.24) is 0 Å². The minimum absolute atomic E-state index is 0.0293. The first-order valence-electron chi connectivity index (χ1n) is 8.98. The van der Waals surface area contributed by atoms with Gasteiger partial charge < -0.3 is 14.6 Å². The molecule has 0 fully saturated rings. The number of nitro groups is 1. The fraction of sp³-hybridized carbons (Fsp3) is 0.143.